The lowest BCUT2D eigenvalue weighted by molar-refractivity contribution is 0.189. The van der Waals surface area contributed by atoms with Gasteiger partial charge in [0.05, 0.1) is 0 Å². The van der Waals surface area contributed by atoms with Crippen molar-refractivity contribution >= 4 is 0 Å². The van der Waals surface area contributed by atoms with Crippen LogP contribution in [0.25, 0.3) is 0 Å². The van der Waals surface area contributed by atoms with E-state index in [1.54, 1.807) is 24.3 Å². The second kappa shape index (κ2) is 9.49. The molecule has 0 aliphatic rings. The fourth-order valence-electron chi connectivity index (χ4n) is 4.16. The van der Waals surface area contributed by atoms with Gasteiger partial charge in [0.15, 0.2) is 0 Å². The number of hydrogen-bond donors (Lipinski definition) is 0. The Bertz CT molecular complexity index is 930. The second-order valence-corrected chi connectivity index (χ2v) is 7.50. The van der Waals surface area contributed by atoms with Crippen LogP contribution >= 0.6 is 0 Å². The first-order valence-corrected chi connectivity index (χ1v) is 10.2. The molecule has 4 aromatic carbocycles. The van der Waals surface area contributed by atoms with Gasteiger partial charge in [-0.3, -0.25) is 0 Å². The first kappa shape index (κ1) is 20.0. The smallest absolute Gasteiger partial charge is 0.133 e. The van der Waals surface area contributed by atoms with Gasteiger partial charge >= 0.3 is 0 Å². The van der Waals surface area contributed by atoms with E-state index in [0.717, 1.165) is 11.1 Å². The highest BCUT2D eigenvalue weighted by molar-refractivity contribution is 5.36. The molecule has 0 amide bonds. The monoisotopic (exact) mass is 398 g/mol. The number of halogens is 2. The summed E-state index contributed by atoms with van der Waals surface area (Å²) in [6.45, 7) is 0. The fraction of sp³-hybridized carbons (Fsp3) is 0.143. The third-order valence-corrected chi connectivity index (χ3v) is 5.62. The summed E-state index contributed by atoms with van der Waals surface area (Å²) < 4.78 is 32.3. The standard InChI is InChI=1S/C28H24F2/c29-27(23-17-9-3-10-18-23)25(21-13-5-1-6-14-21)26(22-15-7-2-8-16-22)28(30)24-19-11-4-12-20-24/h1-20,25-28H. The van der Waals surface area contributed by atoms with Crippen molar-refractivity contribution in [1.82, 2.24) is 0 Å². The number of alkyl halides is 2. The molecule has 0 aliphatic carbocycles. The molecule has 0 saturated carbocycles. The zero-order chi connectivity index (χ0) is 20.8. The topological polar surface area (TPSA) is 0 Å². The van der Waals surface area contributed by atoms with Gasteiger partial charge in [-0.1, -0.05) is 121 Å². The van der Waals surface area contributed by atoms with E-state index < -0.39 is 24.2 Å². The largest absolute Gasteiger partial charge is 0.242 e. The molecular formula is C28H24F2. The van der Waals surface area contributed by atoms with Crippen LogP contribution in [0.1, 0.15) is 46.4 Å². The number of rotatable bonds is 7. The molecule has 0 N–H and O–H groups in total. The van der Waals surface area contributed by atoms with Crippen LogP contribution < -0.4 is 0 Å². The minimum atomic E-state index is -1.35. The summed E-state index contributed by atoms with van der Waals surface area (Å²) in [5, 5.41) is 0. The molecule has 4 rings (SSSR count). The van der Waals surface area contributed by atoms with Crippen LogP contribution in [0.3, 0.4) is 0 Å². The summed E-state index contributed by atoms with van der Waals surface area (Å²) in [5.41, 5.74) is 2.71. The van der Waals surface area contributed by atoms with Gasteiger partial charge in [0, 0.05) is 11.8 Å². The molecule has 0 nitrogen and oxygen atoms in total. The number of hydrogen-bond acceptors (Lipinski definition) is 0. The molecule has 150 valence electrons. The molecule has 0 spiro atoms. The van der Waals surface area contributed by atoms with E-state index in [1.165, 1.54) is 0 Å². The number of benzene rings is 4. The van der Waals surface area contributed by atoms with Gasteiger partial charge in [-0.2, -0.15) is 0 Å². The van der Waals surface area contributed by atoms with Crippen LogP contribution in [0, 0.1) is 0 Å². The van der Waals surface area contributed by atoms with Crippen LogP contribution in [0.15, 0.2) is 121 Å². The molecule has 30 heavy (non-hydrogen) atoms. The van der Waals surface area contributed by atoms with Crippen LogP contribution in [-0.2, 0) is 0 Å². The van der Waals surface area contributed by atoms with Gasteiger partial charge in [-0.05, 0) is 22.3 Å². The lowest BCUT2D eigenvalue weighted by Gasteiger charge is -2.33. The molecule has 0 saturated heterocycles. The quantitative estimate of drug-likeness (QED) is 0.296. The Morgan fingerprint density at radius 1 is 0.333 bits per heavy atom. The Morgan fingerprint density at radius 3 is 0.833 bits per heavy atom. The maximum Gasteiger partial charge on any atom is 0.133 e. The molecule has 2 heteroatoms. The van der Waals surface area contributed by atoms with Gasteiger partial charge in [0.2, 0.25) is 0 Å². The zero-order valence-corrected chi connectivity index (χ0v) is 16.6. The van der Waals surface area contributed by atoms with Gasteiger partial charge in [-0.25, -0.2) is 8.78 Å². The van der Waals surface area contributed by atoms with Crippen LogP contribution in [-0.4, -0.2) is 0 Å². The van der Waals surface area contributed by atoms with Crippen LogP contribution in [0.5, 0.6) is 0 Å². The van der Waals surface area contributed by atoms with Crippen molar-refractivity contribution in [2.45, 2.75) is 24.2 Å². The summed E-state index contributed by atoms with van der Waals surface area (Å²) in [7, 11) is 0. The predicted molar refractivity (Wildman–Crippen MR) is 119 cm³/mol. The minimum Gasteiger partial charge on any atom is -0.242 e. The van der Waals surface area contributed by atoms with E-state index >= 15 is 8.78 Å². The second-order valence-electron chi connectivity index (χ2n) is 7.50. The maximum absolute atomic E-state index is 16.1. The Balaban J connectivity index is 1.87. The Morgan fingerprint density at radius 2 is 0.567 bits per heavy atom. The van der Waals surface area contributed by atoms with E-state index in [1.807, 2.05) is 97.1 Å². The Labute approximate surface area is 176 Å². The van der Waals surface area contributed by atoms with Crippen molar-refractivity contribution in [3.8, 4) is 0 Å². The highest BCUT2D eigenvalue weighted by atomic mass is 19.1. The fourth-order valence-corrected chi connectivity index (χ4v) is 4.16. The highest BCUT2D eigenvalue weighted by Crippen LogP contribution is 2.50. The van der Waals surface area contributed by atoms with Gasteiger partial charge in [0.1, 0.15) is 12.3 Å². The van der Waals surface area contributed by atoms with Gasteiger partial charge in [0.25, 0.3) is 0 Å². The Kier molecular flexibility index (Phi) is 6.34. The predicted octanol–water partition coefficient (Wildman–Crippen LogP) is 7.98. The summed E-state index contributed by atoms with van der Waals surface area (Å²) >= 11 is 0. The van der Waals surface area contributed by atoms with Crippen LogP contribution in [0.4, 0.5) is 8.78 Å². The molecule has 0 aliphatic heterocycles. The molecule has 4 atom stereocenters. The molecule has 0 bridgehead atoms. The van der Waals surface area contributed by atoms with Crippen molar-refractivity contribution in [1.29, 1.82) is 0 Å². The minimum absolute atomic E-state index is 0.563. The van der Waals surface area contributed by atoms with E-state index in [-0.39, 0.29) is 0 Å². The highest BCUT2D eigenvalue weighted by Gasteiger charge is 2.39. The molecule has 0 fully saturated rings. The normalized spacial score (nSPS) is 15.1. The molecule has 0 heterocycles. The Hall–Kier alpha value is -3.26. The van der Waals surface area contributed by atoms with Gasteiger partial charge < -0.3 is 0 Å². The summed E-state index contributed by atoms with van der Waals surface area (Å²) in [4.78, 5) is 0. The van der Waals surface area contributed by atoms with Crippen molar-refractivity contribution < 1.29 is 8.78 Å². The molecule has 0 radical (unpaired) electrons. The lowest BCUT2D eigenvalue weighted by atomic mass is 9.73. The van der Waals surface area contributed by atoms with Crippen molar-refractivity contribution in [2.75, 3.05) is 0 Å². The van der Waals surface area contributed by atoms with E-state index in [4.69, 9.17) is 0 Å². The average molecular weight is 398 g/mol. The zero-order valence-electron chi connectivity index (χ0n) is 16.6. The molecule has 4 aromatic rings. The van der Waals surface area contributed by atoms with Crippen molar-refractivity contribution in [3.05, 3.63) is 144 Å². The lowest BCUT2D eigenvalue weighted by Crippen LogP contribution is -2.21. The van der Waals surface area contributed by atoms with Gasteiger partial charge in [-0.15, -0.1) is 0 Å². The van der Waals surface area contributed by atoms with Crippen molar-refractivity contribution in [3.63, 3.8) is 0 Å². The SMILES string of the molecule is FC(c1ccccc1)C(c1ccccc1)C(c1ccccc1)C(F)c1ccccc1. The third-order valence-electron chi connectivity index (χ3n) is 5.62. The molecule has 4 unspecified atom stereocenters. The summed E-state index contributed by atoms with van der Waals surface area (Å²) in [5.74, 6) is -1.35. The maximum atomic E-state index is 16.1. The first-order valence-electron chi connectivity index (χ1n) is 10.2. The van der Waals surface area contributed by atoms with Crippen molar-refractivity contribution in [2.24, 2.45) is 0 Å². The van der Waals surface area contributed by atoms with E-state index in [2.05, 4.69) is 0 Å². The van der Waals surface area contributed by atoms with E-state index in [0.29, 0.717) is 11.1 Å². The first-order chi connectivity index (χ1) is 14.8. The molecular weight excluding hydrogens is 374 g/mol. The summed E-state index contributed by atoms with van der Waals surface area (Å²) in [6.07, 6.45) is -2.69. The van der Waals surface area contributed by atoms with E-state index in [9.17, 15) is 0 Å². The summed E-state index contributed by atoms with van der Waals surface area (Å²) in [6, 6.07) is 37.1. The third kappa shape index (κ3) is 4.33. The average Bonchev–Trinajstić information content (AvgIpc) is 2.84. The molecule has 0 aromatic heterocycles. The van der Waals surface area contributed by atoms with Crippen LogP contribution in [0.2, 0.25) is 0 Å².